The molecule has 0 radical (unpaired) electrons. The van der Waals surface area contributed by atoms with Crippen molar-refractivity contribution in [3.63, 3.8) is 0 Å². The third-order valence-corrected chi connectivity index (χ3v) is 11.4. The van der Waals surface area contributed by atoms with Crippen LogP contribution in [-0.2, 0) is 34.0 Å². The number of aromatic nitrogens is 4. The molecule has 0 fully saturated rings. The molecular formula is C37H38F2N9O6S2-. The molecule has 15 nitrogen and oxygen atoms in total. The average Bonchev–Trinajstić information content (AvgIpc) is 3.97. The van der Waals surface area contributed by atoms with Gasteiger partial charge in [0.05, 0.1) is 16.6 Å². The number of carbonyl (C=O) groups is 2. The van der Waals surface area contributed by atoms with Gasteiger partial charge >= 0.3 is 6.03 Å². The van der Waals surface area contributed by atoms with Gasteiger partial charge in [-0.25, -0.2) is 27.0 Å². The third kappa shape index (κ3) is 9.01. The van der Waals surface area contributed by atoms with Gasteiger partial charge in [0.15, 0.2) is 0 Å². The van der Waals surface area contributed by atoms with Crippen LogP contribution in [0.15, 0.2) is 110 Å². The van der Waals surface area contributed by atoms with Gasteiger partial charge in [-0.15, -0.1) is 0 Å². The van der Waals surface area contributed by atoms with Gasteiger partial charge in [-0.1, -0.05) is 24.3 Å². The van der Waals surface area contributed by atoms with E-state index in [9.17, 15) is 35.5 Å². The Morgan fingerprint density at radius 3 is 2.30 bits per heavy atom. The molecule has 2 unspecified atom stereocenters. The molecule has 0 saturated heterocycles. The molecule has 3 aromatic heterocycles. The van der Waals surface area contributed by atoms with E-state index in [2.05, 4.69) is 30.7 Å². The minimum absolute atomic E-state index is 0.0450. The molecule has 3 amide bonds. The Balaban J connectivity index is 0.000000202. The lowest BCUT2D eigenvalue weighted by molar-refractivity contribution is 0.00668. The number of fused-ring (bicyclic) bond motifs is 1. The van der Waals surface area contributed by atoms with Crippen molar-refractivity contribution in [2.24, 2.45) is 4.99 Å². The number of anilines is 1. The molecular weight excluding hydrogens is 769 g/mol. The van der Waals surface area contributed by atoms with Gasteiger partial charge in [-0.05, 0) is 77.5 Å². The summed E-state index contributed by atoms with van der Waals surface area (Å²) in [4.78, 5) is 37.4. The van der Waals surface area contributed by atoms with Crippen LogP contribution in [0.25, 0.3) is 10.9 Å². The van der Waals surface area contributed by atoms with Crippen molar-refractivity contribution in [3.05, 3.63) is 107 Å². The SMILES string of the molecule is CC(C)n1cc(S(=O)(=O)c2ccc(CNC(=O)N3CC4=C(C3)C(C(C)(F)F)N=C4)cc2)cn1.Nc1cc2[nH]c(C(=O)NCc3ccc(S(=O)[O-])cc3)cc2cn1. The summed E-state index contributed by atoms with van der Waals surface area (Å²) >= 11 is -2.25. The summed E-state index contributed by atoms with van der Waals surface area (Å²) in [6, 6.07) is 14.3. The number of H-pyrrole nitrogens is 1. The lowest BCUT2D eigenvalue weighted by Crippen LogP contribution is -2.40. The van der Waals surface area contributed by atoms with E-state index in [1.165, 1.54) is 47.8 Å². The van der Waals surface area contributed by atoms with E-state index in [-0.39, 0.29) is 52.3 Å². The van der Waals surface area contributed by atoms with Gasteiger partial charge in [-0.2, -0.15) is 5.10 Å². The van der Waals surface area contributed by atoms with Crippen LogP contribution in [0, 0.1) is 0 Å². The number of nitrogens with two attached hydrogens (primary N) is 1. The predicted octanol–water partition coefficient (Wildman–Crippen LogP) is 4.54. The quantitative estimate of drug-likeness (QED) is 0.145. The van der Waals surface area contributed by atoms with Gasteiger partial charge < -0.3 is 30.8 Å². The van der Waals surface area contributed by atoms with Crippen molar-refractivity contribution in [2.45, 2.75) is 66.6 Å². The maximum atomic E-state index is 13.7. The van der Waals surface area contributed by atoms with Gasteiger partial charge in [0.1, 0.15) is 22.4 Å². The summed E-state index contributed by atoms with van der Waals surface area (Å²) in [7, 11) is -3.70. The van der Waals surface area contributed by atoms with Crippen LogP contribution in [0.2, 0.25) is 0 Å². The first-order chi connectivity index (χ1) is 26.5. The molecule has 294 valence electrons. The predicted molar refractivity (Wildman–Crippen MR) is 204 cm³/mol. The number of aromatic amines is 1. The highest BCUT2D eigenvalue weighted by Gasteiger charge is 2.43. The van der Waals surface area contributed by atoms with E-state index in [4.69, 9.17) is 5.73 Å². The molecule has 5 heterocycles. The summed E-state index contributed by atoms with van der Waals surface area (Å²) < 4.78 is 76.2. The second-order valence-corrected chi connectivity index (χ2v) is 16.4. The Labute approximate surface area is 323 Å². The number of sulfone groups is 1. The molecule has 7 rings (SSSR count). The van der Waals surface area contributed by atoms with E-state index in [1.54, 1.807) is 47.3 Å². The molecule has 5 N–H and O–H groups in total. The number of rotatable bonds is 10. The van der Waals surface area contributed by atoms with Crippen molar-refractivity contribution in [3.8, 4) is 0 Å². The van der Waals surface area contributed by atoms with Crippen molar-refractivity contribution in [2.75, 3.05) is 18.8 Å². The monoisotopic (exact) mass is 806 g/mol. The van der Waals surface area contributed by atoms with Crippen molar-refractivity contribution < 1.29 is 35.5 Å². The molecule has 2 aliphatic heterocycles. The fourth-order valence-corrected chi connectivity index (χ4v) is 7.56. The van der Waals surface area contributed by atoms with Gasteiger partial charge in [0, 0.05) is 74.1 Å². The van der Waals surface area contributed by atoms with Crippen molar-refractivity contribution in [1.29, 1.82) is 0 Å². The molecule has 0 saturated carbocycles. The smallest absolute Gasteiger partial charge is 0.318 e. The molecule has 56 heavy (non-hydrogen) atoms. The summed E-state index contributed by atoms with van der Waals surface area (Å²) in [5, 5.41) is 10.4. The van der Waals surface area contributed by atoms with Crippen LogP contribution < -0.4 is 16.4 Å². The zero-order valence-corrected chi connectivity index (χ0v) is 32.0. The normalized spacial score (nSPS) is 15.8. The number of benzene rings is 2. The number of hydrogen-bond acceptors (Lipinski definition) is 10. The standard InChI is InChI=1S/C22H25F2N5O3S.C15H14N4O3S/c1-14(2)29-12-18(10-27-29)33(31,32)17-6-4-15(5-7-17)8-26-21(30)28-11-16-9-25-20(19(16)13-28)22(3,23)24;16-14-6-12-10(8-17-14)5-13(19-12)15(20)18-7-9-1-3-11(4-2-9)23(21)22/h4-7,9-10,12,14,20H,8,11,13H2,1-3H3,(H,26,30);1-6,8,19H,7H2,(H2,16,17)(H,18,20)(H,21,22)/p-1. The summed E-state index contributed by atoms with van der Waals surface area (Å²) in [5.41, 5.74) is 9.40. The molecule has 5 aromatic rings. The van der Waals surface area contributed by atoms with Crippen LogP contribution in [0.3, 0.4) is 0 Å². The topological polar surface area (TPSA) is 221 Å². The number of carbonyl (C=O) groups excluding carboxylic acids is 2. The first-order valence-corrected chi connectivity index (χ1v) is 19.8. The lowest BCUT2D eigenvalue weighted by Gasteiger charge is -2.22. The lowest BCUT2D eigenvalue weighted by atomic mass is 10.0. The number of halogens is 2. The first-order valence-electron chi connectivity index (χ1n) is 17.2. The highest BCUT2D eigenvalue weighted by atomic mass is 32.2. The number of amides is 3. The van der Waals surface area contributed by atoms with E-state index in [0.717, 1.165) is 23.4 Å². The number of urea groups is 1. The maximum absolute atomic E-state index is 13.7. The second-order valence-electron chi connectivity index (χ2n) is 13.5. The Bertz CT molecular complexity index is 2460. The minimum Gasteiger partial charge on any atom is -0.768 e. The highest BCUT2D eigenvalue weighted by molar-refractivity contribution is 7.91. The molecule has 2 aliphatic rings. The van der Waals surface area contributed by atoms with Crippen LogP contribution in [0.1, 0.15) is 48.4 Å². The molecule has 2 aromatic carbocycles. The number of alkyl halides is 2. The van der Waals surface area contributed by atoms with Crippen LogP contribution in [-0.4, -0.2) is 85.0 Å². The van der Waals surface area contributed by atoms with Crippen molar-refractivity contribution >= 4 is 55.8 Å². The van der Waals surface area contributed by atoms with Crippen LogP contribution >= 0.6 is 0 Å². The van der Waals surface area contributed by atoms with Gasteiger partial charge in [0.25, 0.3) is 11.8 Å². The zero-order chi connectivity index (χ0) is 40.4. The molecule has 0 aliphatic carbocycles. The fraction of sp³-hybridized carbons (Fsp3) is 0.270. The second kappa shape index (κ2) is 16.1. The molecule has 0 spiro atoms. The summed E-state index contributed by atoms with van der Waals surface area (Å²) in [5.74, 6) is -2.87. The Morgan fingerprint density at radius 1 is 1.02 bits per heavy atom. The van der Waals surface area contributed by atoms with Crippen LogP contribution in [0.4, 0.5) is 19.4 Å². The first kappa shape index (κ1) is 39.9. The largest absolute Gasteiger partial charge is 0.768 e. The summed E-state index contributed by atoms with van der Waals surface area (Å²) in [6.45, 7) is 5.45. The molecule has 2 atom stereocenters. The van der Waals surface area contributed by atoms with Crippen molar-refractivity contribution in [1.82, 2.24) is 35.3 Å². The average molecular weight is 807 g/mol. The third-order valence-electron chi connectivity index (χ3n) is 9.04. The van der Waals surface area contributed by atoms with Crippen LogP contribution in [0.5, 0.6) is 0 Å². The van der Waals surface area contributed by atoms with Gasteiger partial charge in [0.2, 0.25) is 9.84 Å². The fourth-order valence-electron chi connectivity index (χ4n) is 6.01. The van der Waals surface area contributed by atoms with E-state index >= 15 is 0 Å². The Morgan fingerprint density at radius 2 is 1.68 bits per heavy atom. The molecule has 19 heteroatoms. The number of nitrogens with zero attached hydrogens (tertiary/aromatic N) is 5. The zero-order valence-electron chi connectivity index (χ0n) is 30.4. The number of aliphatic imine (C=N–C) groups is 1. The highest BCUT2D eigenvalue weighted by Crippen LogP contribution is 2.35. The number of nitrogens with one attached hydrogen (secondary N) is 3. The Kier molecular flexibility index (Phi) is 11.5. The van der Waals surface area contributed by atoms with E-state index < -0.39 is 32.9 Å². The van der Waals surface area contributed by atoms with E-state index in [1.807, 2.05) is 13.8 Å². The summed E-state index contributed by atoms with van der Waals surface area (Å²) in [6.07, 6.45) is 5.85. The number of pyridine rings is 1. The number of nitrogen functional groups attached to an aromatic ring is 1. The Hall–Kier alpha value is -5.79. The minimum atomic E-state index is -3.70. The number of hydrogen-bond donors (Lipinski definition) is 4. The van der Waals surface area contributed by atoms with E-state index in [0.29, 0.717) is 34.8 Å². The maximum Gasteiger partial charge on any atom is 0.318 e. The van der Waals surface area contributed by atoms with Gasteiger partial charge in [-0.3, -0.25) is 18.7 Å². The molecule has 0 bridgehead atoms.